The lowest BCUT2D eigenvalue weighted by Crippen LogP contribution is -2.43. The summed E-state index contributed by atoms with van der Waals surface area (Å²) in [6.45, 7) is 1.50. The highest BCUT2D eigenvalue weighted by atomic mass is 35.5. The summed E-state index contributed by atoms with van der Waals surface area (Å²) >= 11 is 5.85. The van der Waals surface area contributed by atoms with E-state index in [1.165, 1.54) is 6.07 Å². The summed E-state index contributed by atoms with van der Waals surface area (Å²) in [7, 11) is 0. The maximum absolute atomic E-state index is 13.7. The maximum Gasteiger partial charge on any atom is 0.227 e. The van der Waals surface area contributed by atoms with E-state index in [1.54, 1.807) is 35.2 Å². The lowest BCUT2D eigenvalue weighted by Gasteiger charge is -2.31. The molecule has 0 aliphatic carbocycles. The Bertz CT molecular complexity index is 802. The smallest absolute Gasteiger partial charge is 0.227 e. The van der Waals surface area contributed by atoms with E-state index in [-0.39, 0.29) is 30.0 Å². The Morgan fingerprint density at radius 3 is 2.41 bits per heavy atom. The monoisotopic (exact) mass is 388 g/mol. The zero-order valence-corrected chi connectivity index (χ0v) is 15.7. The first-order valence-corrected chi connectivity index (χ1v) is 9.44. The number of hydrogen-bond donors (Lipinski definition) is 1. The quantitative estimate of drug-likeness (QED) is 0.851. The Hall–Kier alpha value is -2.40. The fraction of sp³-hybridized carbons (Fsp3) is 0.333. The summed E-state index contributed by atoms with van der Waals surface area (Å²) in [5.41, 5.74) is 1.40. The minimum absolute atomic E-state index is 0.00570. The first-order chi connectivity index (χ1) is 13.0. The number of likely N-dealkylation sites (tertiary alicyclic amines) is 1. The van der Waals surface area contributed by atoms with Crippen molar-refractivity contribution in [2.45, 2.75) is 25.8 Å². The summed E-state index contributed by atoms with van der Waals surface area (Å²) < 4.78 is 13.7. The van der Waals surface area contributed by atoms with Crippen LogP contribution in [0.2, 0.25) is 5.02 Å². The summed E-state index contributed by atoms with van der Waals surface area (Å²) in [5, 5.41) is 3.61. The van der Waals surface area contributed by atoms with E-state index in [9.17, 15) is 14.0 Å². The molecule has 2 amide bonds. The molecule has 2 aromatic carbocycles. The van der Waals surface area contributed by atoms with Crippen molar-refractivity contribution in [1.29, 1.82) is 0 Å². The van der Waals surface area contributed by atoms with Crippen molar-refractivity contribution in [3.63, 3.8) is 0 Å². The van der Waals surface area contributed by atoms with Gasteiger partial charge in [0, 0.05) is 30.6 Å². The normalized spacial score (nSPS) is 14.8. The lowest BCUT2D eigenvalue weighted by atomic mass is 9.95. The van der Waals surface area contributed by atoms with Crippen molar-refractivity contribution in [1.82, 2.24) is 10.2 Å². The highest BCUT2D eigenvalue weighted by molar-refractivity contribution is 6.30. The topological polar surface area (TPSA) is 49.4 Å². The predicted octanol–water partition coefficient (Wildman–Crippen LogP) is 3.58. The molecule has 6 heteroatoms. The van der Waals surface area contributed by atoms with Crippen LogP contribution in [0.25, 0.3) is 0 Å². The number of carbonyl (C=O) groups is 2. The molecule has 2 aromatic rings. The molecule has 0 unspecified atom stereocenters. The second-order valence-electron chi connectivity index (χ2n) is 6.77. The molecule has 1 heterocycles. The van der Waals surface area contributed by atoms with Crippen LogP contribution in [-0.2, 0) is 22.6 Å². The fourth-order valence-corrected chi connectivity index (χ4v) is 3.37. The second-order valence-corrected chi connectivity index (χ2v) is 7.20. The molecular weight excluding hydrogens is 367 g/mol. The van der Waals surface area contributed by atoms with E-state index < -0.39 is 0 Å². The Morgan fingerprint density at radius 1 is 1.07 bits per heavy atom. The third-order valence-electron chi connectivity index (χ3n) is 4.90. The van der Waals surface area contributed by atoms with Crippen molar-refractivity contribution in [2.75, 3.05) is 13.1 Å². The average Bonchev–Trinajstić information content (AvgIpc) is 2.69. The number of rotatable bonds is 5. The van der Waals surface area contributed by atoms with Gasteiger partial charge in [0.25, 0.3) is 0 Å². The van der Waals surface area contributed by atoms with Crippen molar-refractivity contribution in [2.24, 2.45) is 5.92 Å². The number of amides is 2. The number of nitrogens with one attached hydrogen (secondary N) is 1. The second kappa shape index (κ2) is 9.00. The van der Waals surface area contributed by atoms with E-state index in [0.29, 0.717) is 43.1 Å². The van der Waals surface area contributed by atoms with Gasteiger partial charge in [-0.3, -0.25) is 9.59 Å². The van der Waals surface area contributed by atoms with Crippen LogP contribution in [0.15, 0.2) is 48.5 Å². The first-order valence-electron chi connectivity index (χ1n) is 9.06. The average molecular weight is 389 g/mol. The molecule has 0 aromatic heterocycles. The zero-order valence-electron chi connectivity index (χ0n) is 15.0. The van der Waals surface area contributed by atoms with Crippen LogP contribution in [-0.4, -0.2) is 29.8 Å². The molecule has 1 aliphatic rings. The summed E-state index contributed by atoms with van der Waals surface area (Å²) in [6, 6.07) is 13.7. The summed E-state index contributed by atoms with van der Waals surface area (Å²) in [6.07, 6.45) is 1.30. The van der Waals surface area contributed by atoms with Gasteiger partial charge in [0.1, 0.15) is 5.82 Å². The minimum Gasteiger partial charge on any atom is -0.352 e. The molecule has 1 fully saturated rings. The Kier molecular flexibility index (Phi) is 6.45. The number of carbonyl (C=O) groups excluding carboxylic acids is 2. The predicted molar refractivity (Wildman–Crippen MR) is 103 cm³/mol. The summed E-state index contributed by atoms with van der Waals surface area (Å²) in [5.74, 6) is -0.552. The van der Waals surface area contributed by atoms with Crippen LogP contribution in [0.1, 0.15) is 24.0 Å². The van der Waals surface area contributed by atoms with E-state index >= 15 is 0 Å². The molecule has 142 valence electrons. The molecule has 4 nitrogen and oxygen atoms in total. The number of nitrogens with zero attached hydrogens (tertiary/aromatic N) is 1. The highest BCUT2D eigenvalue weighted by Gasteiger charge is 2.27. The minimum atomic E-state index is -0.359. The van der Waals surface area contributed by atoms with Crippen molar-refractivity contribution in [3.8, 4) is 0 Å². The fourth-order valence-electron chi connectivity index (χ4n) is 3.24. The Balaban J connectivity index is 1.45. The van der Waals surface area contributed by atoms with Gasteiger partial charge >= 0.3 is 0 Å². The van der Waals surface area contributed by atoms with Gasteiger partial charge in [-0.05, 0) is 42.2 Å². The number of piperidine rings is 1. The first kappa shape index (κ1) is 19.4. The van der Waals surface area contributed by atoms with Gasteiger partial charge < -0.3 is 10.2 Å². The zero-order chi connectivity index (χ0) is 19.2. The Labute approximate surface area is 163 Å². The van der Waals surface area contributed by atoms with Crippen molar-refractivity contribution >= 4 is 23.4 Å². The molecule has 0 saturated carbocycles. The molecule has 0 bridgehead atoms. The number of halogens is 2. The van der Waals surface area contributed by atoms with Crippen LogP contribution < -0.4 is 5.32 Å². The van der Waals surface area contributed by atoms with Crippen LogP contribution in [0.3, 0.4) is 0 Å². The van der Waals surface area contributed by atoms with E-state index in [1.807, 2.05) is 12.1 Å². The third-order valence-corrected chi connectivity index (χ3v) is 5.15. The Morgan fingerprint density at radius 2 is 1.74 bits per heavy atom. The molecular formula is C21H22ClFN2O2. The molecule has 1 saturated heterocycles. The van der Waals surface area contributed by atoms with Gasteiger partial charge in [0.05, 0.1) is 6.42 Å². The molecule has 1 N–H and O–H groups in total. The molecule has 1 aliphatic heterocycles. The van der Waals surface area contributed by atoms with Gasteiger partial charge in [-0.2, -0.15) is 0 Å². The SMILES string of the molecule is O=C(NCc1ccc(Cl)cc1)C1CCN(C(=O)Cc2ccccc2F)CC1. The molecule has 0 radical (unpaired) electrons. The molecule has 0 spiro atoms. The molecule has 27 heavy (non-hydrogen) atoms. The number of benzene rings is 2. The van der Waals surface area contributed by atoms with Crippen LogP contribution >= 0.6 is 11.6 Å². The van der Waals surface area contributed by atoms with Gasteiger partial charge in [-0.1, -0.05) is 41.9 Å². The van der Waals surface area contributed by atoms with Gasteiger partial charge in [-0.15, -0.1) is 0 Å². The van der Waals surface area contributed by atoms with Crippen LogP contribution in [0.5, 0.6) is 0 Å². The standard InChI is InChI=1S/C21H22ClFN2O2/c22-18-7-5-15(6-8-18)14-24-21(27)16-9-11-25(12-10-16)20(26)13-17-3-1-2-4-19(17)23/h1-8,16H,9-14H2,(H,24,27). The van der Waals surface area contributed by atoms with Gasteiger partial charge in [-0.25, -0.2) is 4.39 Å². The van der Waals surface area contributed by atoms with Crippen molar-refractivity contribution in [3.05, 3.63) is 70.5 Å². The molecule has 3 rings (SSSR count). The molecule has 0 atom stereocenters. The largest absolute Gasteiger partial charge is 0.352 e. The maximum atomic E-state index is 13.7. The lowest BCUT2D eigenvalue weighted by molar-refractivity contribution is -0.135. The van der Waals surface area contributed by atoms with Gasteiger partial charge in [0.15, 0.2) is 0 Å². The van der Waals surface area contributed by atoms with E-state index in [2.05, 4.69) is 5.32 Å². The number of hydrogen-bond acceptors (Lipinski definition) is 2. The van der Waals surface area contributed by atoms with E-state index in [0.717, 1.165) is 5.56 Å². The van der Waals surface area contributed by atoms with Crippen LogP contribution in [0, 0.1) is 11.7 Å². The van der Waals surface area contributed by atoms with Gasteiger partial charge in [0.2, 0.25) is 11.8 Å². The summed E-state index contributed by atoms with van der Waals surface area (Å²) in [4.78, 5) is 26.5. The third kappa shape index (κ3) is 5.30. The van der Waals surface area contributed by atoms with Crippen LogP contribution in [0.4, 0.5) is 4.39 Å². The van der Waals surface area contributed by atoms with Crippen molar-refractivity contribution < 1.29 is 14.0 Å². The highest BCUT2D eigenvalue weighted by Crippen LogP contribution is 2.19. The van der Waals surface area contributed by atoms with E-state index in [4.69, 9.17) is 11.6 Å².